The molecule has 0 bridgehead atoms. The maximum absolute atomic E-state index is 6.14. The van der Waals surface area contributed by atoms with Gasteiger partial charge in [0.2, 0.25) is 0 Å². The van der Waals surface area contributed by atoms with E-state index in [-0.39, 0.29) is 5.72 Å². The minimum Gasteiger partial charge on any atom is -0.358 e. The lowest BCUT2D eigenvalue weighted by atomic mass is 9.95. The second-order valence-electron chi connectivity index (χ2n) is 5.14. The number of likely N-dealkylation sites (tertiary alicyclic amines) is 1. The SMILES string of the molecule is CCN1CCC2(CC1)NC(C)CC(C)O2. The molecular weight excluding hydrogens is 188 g/mol. The largest absolute Gasteiger partial charge is 0.358 e. The predicted molar refractivity (Wildman–Crippen MR) is 61.8 cm³/mol. The Morgan fingerprint density at radius 1 is 1.33 bits per heavy atom. The smallest absolute Gasteiger partial charge is 0.122 e. The van der Waals surface area contributed by atoms with E-state index in [0.29, 0.717) is 12.1 Å². The van der Waals surface area contributed by atoms with E-state index in [1.54, 1.807) is 0 Å². The van der Waals surface area contributed by atoms with Gasteiger partial charge in [0.25, 0.3) is 0 Å². The van der Waals surface area contributed by atoms with Gasteiger partial charge < -0.3 is 9.64 Å². The lowest BCUT2D eigenvalue weighted by Gasteiger charge is -2.48. The Morgan fingerprint density at radius 3 is 2.53 bits per heavy atom. The van der Waals surface area contributed by atoms with Crippen molar-refractivity contribution in [2.24, 2.45) is 0 Å². The third kappa shape index (κ3) is 2.52. The number of hydrogen-bond acceptors (Lipinski definition) is 3. The molecule has 1 spiro atoms. The van der Waals surface area contributed by atoms with Gasteiger partial charge in [0.15, 0.2) is 0 Å². The van der Waals surface area contributed by atoms with Crippen molar-refractivity contribution in [3.63, 3.8) is 0 Å². The van der Waals surface area contributed by atoms with Gasteiger partial charge in [-0.25, -0.2) is 0 Å². The first kappa shape index (κ1) is 11.4. The maximum Gasteiger partial charge on any atom is 0.122 e. The monoisotopic (exact) mass is 212 g/mol. The number of nitrogens with one attached hydrogen (secondary N) is 1. The molecule has 2 unspecified atom stereocenters. The summed E-state index contributed by atoms with van der Waals surface area (Å²) in [5.41, 5.74) is -0.0112. The van der Waals surface area contributed by atoms with E-state index in [4.69, 9.17) is 4.74 Å². The Bertz CT molecular complexity index is 200. The quantitative estimate of drug-likeness (QED) is 0.714. The van der Waals surface area contributed by atoms with Crippen LogP contribution in [0, 0.1) is 0 Å². The molecule has 2 atom stereocenters. The molecule has 3 nitrogen and oxygen atoms in total. The van der Waals surface area contributed by atoms with E-state index < -0.39 is 0 Å². The van der Waals surface area contributed by atoms with Crippen molar-refractivity contribution in [3.8, 4) is 0 Å². The molecule has 2 aliphatic rings. The fourth-order valence-corrected chi connectivity index (χ4v) is 2.97. The number of nitrogens with zero attached hydrogens (tertiary/aromatic N) is 1. The van der Waals surface area contributed by atoms with Crippen LogP contribution in [0.25, 0.3) is 0 Å². The van der Waals surface area contributed by atoms with Crippen LogP contribution in [0.1, 0.15) is 40.0 Å². The molecule has 0 amide bonds. The number of rotatable bonds is 1. The van der Waals surface area contributed by atoms with Gasteiger partial charge >= 0.3 is 0 Å². The van der Waals surface area contributed by atoms with Crippen LogP contribution in [-0.2, 0) is 4.74 Å². The van der Waals surface area contributed by atoms with Crippen molar-refractivity contribution < 1.29 is 4.74 Å². The van der Waals surface area contributed by atoms with Crippen molar-refractivity contribution >= 4 is 0 Å². The number of piperidine rings is 1. The molecule has 2 saturated heterocycles. The standard InChI is InChI=1S/C12H24N2O/c1-4-14-7-5-12(6-8-14)13-10(2)9-11(3)15-12/h10-11,13H,4-9H2,1-3H3. The topological polar surface area (TPSA) is 24.5 Å². The molecule has 3 heteroatoms. The molecule has 2 aliphatic heterocycles. The fourth-order valence-electron chi connectivity index (χ4n) is 2.97. The minimum atomic E-state index is -0.0112. The predicted octanol–water partition coefficient (Wildman–Crippen LogP) is 1.59. The summed E-state index contributed by atoms with van der Waals surface area (Å²) in [5, 5.41) is 3.66. The summed E-state index contributed by atoms with van der Waals surface area (Å²) < 4.78 is 6.14. The average Bonchev–Trinajstić information content (AvgIpc) is 2.17. The lowest BCUT2D eigenvalue weighted by Crippen LogP contribution is -2.62. The average molecular weight is 212 g/mol. The van der Waals surface area contributed by atoms with Gasteiger partial charge in [-0.2, -0.15) is 0 Å². The second kappa shape index (κ2) is 4.40. The number of ether oxygens (including phenoxy) is 1. The highest BCUT2D eigenvalue weighted by Gasteiger charge is 2.40. The van der Waals surface area contributed by atoms with Crippen LogP contribution < -0.4 is 5.32 Å². The molecule has 0 aromatic heterocycles. The minimum absolute atomic E-state index is 0.0112. The Kier molecular flexibility index (Phi) is 3.33. The lowest BCUT2D eigenvalue weighted by molar-refractivity contribution is -0.171. The van der Waals surface area contributed by atoms with E-state index in [1.807, 2.05) is 0 Å². The molecule has 2 rings (SSSR count). The Labute approximate surface area is 93.2 Å². The van der Waals surface area contributed by atoms with Crippen molar-refractivity contribution in [3.05, 3.63) is 0 Å². The second-order valence-corrected chi connectivity index (χ2v) is 5.14. The Morgan fingerprint density at radius 2 is 2.00 bits per heavy atom. The summed E-state index contributed by atoms with van der Waals surface area (Å²) in [7, 11) is 0. The third-order valence-electron chi connectivity index (χ3n) is 3.73. The van der Waals surface area contributed by atoms with Gasteiger partial charge in [-0.05, 0) is 26.8 Å². The number of hydrogen-bond donors (Lipinski definition) is 1. The molecule has 0 aromatic rings. The van der Waals surface area contributed by atoms with Gasteiger partial charge in [0.1, 0.15) is 5.72 Å². The third-order valence-corrected chi connectivity index (χ3v) is 3.73. The van der Waals surface area contributed by atoms with E-state index >= 15 is 0 Å². The first-order valence-corrected chi connectivity index (χ1v) is 6.31. The zero-order valence-electron chi connectivity index (χ0n) is 10.3. The summed E-state index contributed by atoms with van der Waals surface area (Å²) in [6.07, 6.45) is 3.82. The fraction of sp³-hybridized carbons (Fsp3) is 1.00. The Balaban J connectivity index is 1.96. The van der Waals surface area contributed by atoms with E-state index in [9.17, 15) is 0 Å². The molecule has 0 saturated carbocycles. The first-order valence-electron chi connectivity index (χ1n) is 6.31. The van der Waals surface area contributed by atoms with Crippen LogP contribution in [0.15, 0.2) is 0 Å². The maximum atomic E-state index is 6.14. The highest BCUT2D eigenvalue weighted by Crippen LogP contribution is 2.30. The van der Waals surface area contributed by atoms with E-state index in [0.717, 1.165) is 19.3 Å². The van der Waals surface area contributed by atoms with Gasteiger partial charge in [-0.3, -0.25) is 5.32 Å². The highest BCUT2D eigenvalue weighted by atomic mass is 16.5. The van der Waals surface area contributed by atoms with Crippen LogP contribution in [0.5, 0.6) is 0 Å². The van der Waals surface area contributed by atoms with Crippen molar-refractivity contribution in [1.82, 2.24) is 10.2 Å². The molecule has 0 aliphatic carbocycles. The summed E-state index contributed by atoms with van der Waals surface area (Å²) in [6.45, 7) is 10.2. The molecule has 88 valence electrons. The molecule has 15 heavy (non-hydrogen) atoms. The van der Waals surface area contributed by atoms with Crippen LogP contribution >= 0.6 is 0 Å². The van der Waals surface area contributed by atoms with Crippen LogP contribution in [0.4, 0.5) is 0 Å². The van der Waals surface area contributed by atoms with Gasteiger partial charge in [0.05, 0.1) is 6.10 Å². The first-order chi connectivity index (χ1) is 7.13. The van der Waals surface area contributed by atoms with Crippen LogP contribution in [-0.4, -0.2) is 42.4 Å². The van der Waals surface area contributed by atoms with E-state index in [1.165, 1.54) is 19.6 Å². The zero-order valence-corrected chi connectivity index (χ0v) is 10.3. The summed E-state index contributed by atoms with van der Waals surface area (Å²) in [6, 6.07) is 0.599. The van der Waals surface area contributed by atoms with Crippen molar-refractivity contribution in [2.75, 3.05) is 19.6 Å². The van der Waals surface area contributed by atoms with Gasteiger partial charge in [-0.1, -0.05) is 6.92 Å². The molecule has 0 radical (unpaired) electrons. The summed E-state index contributed by atoms with van der Waals surface area (Å²) >= 11 is 0. The van der Waals surface area contributed by atoms with Gasteiger partial charge in [-0.15, -0.1) is 0 Å². The molecular formula is C12H24N2O. The van der Waals surface area contributed by atoms with Crippen molar-refractivity contribution in [2.45, 2.75) is 57.9 Å². The molecule has 2 fully saturated rings. The molecule has 0 aromatic carbocycles. The summed E-state index contributed by atoms with van der Waals surface area (Å²) in [5.74, 6) is 0. The normalized spacial score (nSPS) is 37.0. The summed E-state index contributed by atoms with van der Waals surface area (Å²) in [4.78, 5) is 2.50. The molecule has 1 N–H and O–H groups in total. The van der Waals surface area contributed by atoms with Crippen LogP contribution in [0.2, 0.25) is 0 Å². The van der Waals surface area contributed by atoms with Gasteiger partial charge in [0, 0.05) is 32.0 Å². The van der Waals surface area contributed by atoms with E-state index in [2.05, 4.69) is 31.0 Å². The Hall–Kier alpha value is -0.120. The van der Waals surface area contributed by atoms with Crippen molar-refractivity contribution in [1.29, 1.82) is 0 Å². The zero-order chi connectivity index (χ0) is 10.9. The highest BCUT2D eigenvalue weighted by molar-refractivity contribution is 4.91. The van der Waals surface area contributed by atoms with Crippen LogP contribution in [0.3, 0.4) is 0 Å². The molecule has 2 heterocycles.